The monoisotopic (exact) mass is 369 g/mol. The van der Waals surface area contributed by atoms with E-state index in [1.807, 2.05) is 13.0 Å². The third-order valence-corrected chi connectivity index (χ3v) is 5.37. The number of methoxy groups -OCH3 is 1. The molecule has 26 heavy (non-hydrogen) atoms. The smallest absolute Gasteiger partial charge is 0.264 e. The molecule has 2 aromatic rings. The molecule has 0 spiro atoms. The van der Waals surface area contributed by atoms with Crippen LogP contribution in [-0.2, 0) is 16.1 Å². The van der Waals surface area contributed by atoms with E-state index < -0.39 is 0 Å². The number of nitrogens with zero attached hydrogens (tertiary/aromatic N) is 3. The topological polar surface area (TPSA) is 73.6 Å². The van der Waals surface area contributed by atoms with Crippen molar-refractivity contribution < 1.29 is 14.3 Å². The van der Waals surface area contributed by atoms with Crippen molar-refractivity contribution in [3.63, 3.8) is 0 Å². The normalized spacial score (nSPS) is 17.3. The summed E-state index contributed by atoms with van der Waals surface area (Å²) in [6.07, 6.45) is 0. The van der Waals surface area contributed by atoms with Gasteiger partial charge in [-0.3, -0.25) is 9.59 Å². The SMILES string of the molecule is COCc1ccc(C(=O)N2CC(=O)N(c3ccccc3C#N)C[C@H]2C)s1. The standard InChI is InChI=1S/C19H19N3O3S/c1-13-10-22(16-6-4-3-5-14(16)9-20)18(23)11-21(13)19(24)17-8-7-15(26-17)12-25-2/h3-8,13H,10-12H2,1-2H3/t13-/m1/s1. The molecule has 2 heterocycles. The number of rotatable bonds is 4. The van der Waals surface area contributed by atoms with Gasteiger partial charge < -0.3 is 14.5 Å². The number of hydrogen-bond acceptors (Lipinski definition) is 5. The molecule has 1 aliphatic rings. The van der Waals surface area contributed by atoms with Gasteiger partial charge in [-0.15, -0.1) is 11.3 Å². The first-order chi connectivity index (χ1) is 12.5. The van der Waals surface area contributed by atoms with Crippen molar-refractivity contribution >= 4 is 28.8 Å². The summed E-state index contributed by atoms with van der Waals surface area (Å²) in [4.78, 5) is 30.2. The molecule has 0 saturated carbocycles. The number of carbonyl (C=O) groups excluding carboxylic acids is 2. The van der Waals surface area contributed by atoms with Crippen molar-refractivity contribution in [2.75, 3.05) is 25.1 Å². The van der Waals surface area contributed by atoms with Gasteiger partial charge in [0.1, 0.15) is 12.6 Å². The van der Waals surface area contributed by atoms with E-state index in [1.165, 1.54) is 11.3 Å². The summed E-state index contributed by atoms with van der Waals surface area (Å²) in [6.45, 7) is 2.73. The molecular formula is C19H19N3O3S. The van der Waals surface area contributed by atoms with Gasteiger partial charge in [-0.25, -0.2) is 0 Å². The van der Waals surface area contributed by atoms with Gasteiger partial charge in [0.05, 0.1) is 22.7 Å². The van der Waals surface area contributed by atoms with E-state index in [1.54, 1.807) is 47.2 Å². The summed E-state index contributed by atoms with van der Waals surface area (Å²) in [6, 6.07) is 12.6. The molecule has 1 saturated heterocycles. The maximum absolute atomic E-state index is 12.8. The van der Waals surface area contributed by atoms with Crippen LogP contribution in [0.25, 0.3) is 0 Å². The lowest BCUT2D eigenvalue weighted by Gasteiger charge is -2.39. The number of para-hydroxylation sites is 1. The third kappa shape index (κ3) is 3.47. The van der Waals surface area contributed by atoms with E-state index >= 15 is 0 Å². The predicted molar refractivity (Wildman–Crippen MR) is 99.0 cm³/mol. The van der Waals surface area contributed by atoms with Crippen LogP contribution in [0.5, 0.6) is 0 Å². The van der Waals surface area contributed by atoms with Gasteiger partial charge in [-0.05, 0) is 31.2 Å². The van der Waals surface area contributed by atoms with E-state index in [2.05, 4.69) is 6.07 Å². The molecule has 7 heteroatoms. The first-order valence-electron chi connectivity index (χ1n) is 8.23. The Morgan fingerprint density at radius 3 is 2.85 bits per heavy atom. The quantitative estimate of drug-likeness (QED) is 0.830. The summed E-state index contributed by atoms with van der Waals surface area (Å²) in [7, 11) is 1.61. The highest BCUT2D eigenvalue weighted by molar-refractivity contribution is 7.14. The molecule has 0 unspecified atom stereocenters. The van der Waals surface area contributed by atoms with Gasteiger partial charge in [0.15, 0.2) is 0 Å². The number of ether oxygens (including phenoxy) is 1. The fourth-order valence-corrected chi connectivity index (χ4v) is 3.95. The Morgan fingerprint density at radius 1 is 1.35 bits per heavy atom. The van der Waals surface area contributed by atoms with Crippen molar-refractivity contribution in [2.45, 2.75) is 19.6 Å². The summed E-state index contributed by atoms with van der Waals surface area (Å²) in [5.41, 5.74) is 1.05. The average Bonchev–Trinajstić information content (AvgIpc) is 3.11. The lowest BCUT2D eigenvalue weighted by molar-refractivity contribution is -0.121. The Bertz CT molecular complexity index is 871. The van der Waals surface area contributed by atoms with E-state index in [-0.39, 0.29) is 24.4 Å². The van der Waals surface area contributed by atoms with E-state index in [0.29, 0.717) is 29.3 Å². The first-order valence-corrected chi connectivity index (χ1v) is 9.05. The van der Waals surface area contributed by atoms with Crippen LogP contribution in [0.3, 0.4) is 0 Å². The maximum Gasteiger partial charge on any atom is 0.264 e. The van der Waals surface area contributed by atoms with Gasteiger partial charge in [-0.2, -0.15) is 5.26 Å². The predicted octanol–water partition coefficient (Wildman–Crippen LogP) is 2.64. The zero-order chi connectivity index (χ0) is 18.7. The summed E-state index contributed by atoms with van der Waals surface area (Å²) < 4.78 is 5.09. The molecule has 134 valence electrons. The molecule has 0 aliphatic carbocycles. The van der Waals surface area contributed by atoms with Crippen LogP contribution in [0.15, 0.2) is 36.4 Å². The van der Waals surface area contributed by atoms with Crippen LogP contribution in [0.4, 0.5) is 5.69 Å². The lowest BCUT2D eigenvalue weighted by Crippen LogP contribution is -2.57. The second-order valence-electron chi connectivity index (χ2n) is 6.11. The van der Waals surface area contributed by atoms with Crippen LogP contribution in [0.1, 0.15) is 27.0 Å². The molecule has 0 radical (unpaired) electrons. The molecule has 0 N–H and O–H groups in total. The molecule has 6 nitrogen and oxygen atoms in total. The highest BCUT2D eigenvalue weighted by Crippen LogP contribution is 2.26. The van der Waals surface area contributed by atoms with Crippen molar-refractivity contribution in [3.8, 4) is 6.07 Å². The number of amides is 2. The molecule has 0 bridgehead atoms. The number of thiophene rings is 1. The highest BCUT2D eigenvalue weighted by atomic mass is 32.1. The number of piperazine rings is 1. The molecular weight excluding hydrogens is 350 g/mol. The van der Waals surface area contributed by atoms with Crippen LogP contribution in [0, 0.1) is 11.3 Å². The molecule has 2 amide bonds. The minimum Gasteiger partial charge on any atom is -0.379 e. The van der Waals surface area contributed by atoms with Crippen molar-refractivity contribution in [1.29, 1.82) is 5.26 Å². The summed E-state index contributed by atoms with van der Waals surface area (Å²) >= 11 is 1.38. The number of benzene rings is 1. The van der Waals surface area contributed by atoms with Crippen LogP contribution >= 0.6 is 11.3 Å². The molecule has 1 fully saturated rings. The minimum atomic E-state index is -0.187. The zero-order valence-corrected chi connectivity index (χ0v) is 15.5. The second-order valence-corrected chi connectivity index (χ2v) is 7.28. The Hall–Kier alpha value is -2.69. The summed E-state index contributed by atoms with van der Waals surface area (Å²) in [5, 5.41) is 9.27. The minimum absolute atomic E-state index is 0.00270. The lowest BCUT2D eigenvalue weighted by atomic mass is 10.1. The van der Waals surface area contributed by atoms with Gasteiger partial charge in [0.25, 0.3) is 5.91 Å². The van der Waals surface area contributed by atoms with Crippen LogP contribution < -0.4 is 4.90 Å². The third-order valence-electron chi connectivity index (χ3n) is 4.32. The number of hydrogen-bond donors (Lipinski definition) is 0. The van der Waals surface area contributed by atoms with Gasteiger partial charge in [-0.1, -0.05) is 12.1 Å². The van der Waals surface area contributed by atoms with E-state index in [0.717, 1.165) is 4.88 Å². The summed E-state index contributed by atoms with van der Waals surface area (Å²) in [5.74, 6) is -0.334. The second kappa shape index (κ2) is 7.68. The average molecular weight is 369 g/mol. The van der Waals surface area contributed by atoms with E-state index in [4.69, 9.17) is 4.74 Å². The Balaban J connectivity index is 1.79. The fourth-order valence-electron chi connectivity index (χ4n) is 3.01. The van der Waals surface area contributed by atoms with Crippen molar-refractivity contribution in [1.82, 2.24) is 4.90 Å². The first kappa shape index (κ1) is 18.1. The van der Waals surface area contributed by atoms with Gasteiger partial charge >= 0.3 is 0 Å². The van der Waals surface area contributed by atoms with Crippen LogP contribution in [-0.4, -0.2) is 43.0 Å². The van der Waals surface area contributed by atoms with Gasteiger partial charge in [0.2, 0.25) is 5.91 Å². The Morgan fingerprint density at radius 2 is 2.12 bits per heavy atom. The maximum atomic E-state index is 12.8. The molecule has 1 aliphatic heterocycles. The van der Waals surface area contributed by atoms with Crippen molar-refractivity contribution in [2.24, 2.45) is 0 Å². The molecule has 1 aromatic carbocycles. The molecule has 3 rings (SSSR count). The number of nitriles is 1. The van der Waals surface area contributed by atoms with Crippen LogP contribution in [0.2, 0.25) is 0 Å². The fraction of sp³-hybridized carbons (Fsp3) is 0.316. The molecule has 1 aromatic heterocycles. The van der Waals surface area contributed by atoms with E-state index in [9.17, 15) is 14.9 Å². The van der Waals surface area contributed by atoms with Gasteiger partial charge in [0, 0.05) is 24.6 Å². The highest BCUT2D eigenvalue weighted by Gasteiger charge is 2.34. The number of carbonyl (C=O) groups is 2. The number of anilines is 1. The largest absolute Gasteiger partial charge is 0.379 e. The molecule has 1 atom stereocenters. The van der Waals surface area contributed by atoms with Crippen molar-refractivity contribution in [3.05, 3.63) is 51.7 Å². The Kier molecular flexibility index (Phi) is 5.35. The zero-order valence-electron chi connectivity index (χ0n) is 14.6. The Labute approximate surface area is 156 Å².